The maximum atomic E-state index is 11.8. The van der Waals surface area contributed by atoms with Crippen LogP contribution < -0.4 is 20.1 Å². The van der Waals surface area contributed by atoms with Crippen LogP contribution in [0.5, 0.6) is 17.2 Å². The van der Waals surface area contributed by atoms with Gasteiger partial charge >= 0.3 is 0 Å². The number of nitrogens with one attached hydrogen (secondary N) is 2. The van der Waals surface area contributed by atoms with Crippen LogP contribution >= 0.6 is 11.8 Å². The van der Waals surface area contributed by atoms with E-state index in [1.807, 2.05) is 78.3 Å². The number of amides is 2. The SMILES string of the molecule is CCC(C)Nc1ccc(Oc2ccc3nc(COc4ccc(CC5SC(=O)NC5=O)cc4)n(C)c3c2)cc1. The van der Waals surface area contributed by atoms with Crippen LogP contribution in [0.15, 0.2) is 66.7 Å². The molecule has 1 fully saturated rings. The number of aromatic nitrogens is 2. The fraction of sp³-hybridized carbons (Fsp3) is 0.276. The summed E-state index contributed by atoms with van der Waals surface area (Å²) in [7, 11) is 1.96. The van der Waals surface area contributed by atoms with Gasteiger partial charge < -0.3 is 19.4 Å². The molecule has 0 spiro atoms. The highest BCUT2D eigenvalue weighted by atomic mass is 32.2. The van der Waals surface area contributed by atoms with E-state index >= 15 is 0 Å². The summed E-state index contributed by atoms with van der Waals surface area (Å²) >= 11 is 1.03. The summed E-state index contributed by atoms with van der Waals surface area (Å²) in [5.74, 6) is 2.77. The lowest BCUT2D eigenvalue weighted by molar-refractivity contribution is -0.118. The van der Waals surface area contributed by atoms with Crippen molar-refractivity contribution in [1.29, 1.82) is 0 Å². The molecule has 8 nitrogen and oxygen atoms in total. The lowest BCUT2D eigenvalue weighted by Crippen LogP contribution is -2.25. The Morgan fingerprint density at radius 2 is 1.74 bits per heavy atom. The molecule has 0 aliphatic carbocycles. The highest BCUT2D eigenvalue weighted by molar-refractivity contribution is 8.15. The summed E-state index contributed by atoms with van der Waals surface area (Å²) in [5, 5.41) is 5.11. The van der Waals surface area contributed by atoms with Crippen LogP contribution in [-0.4, -0.2) is 32.0 Å². The largest absolute Gasteiger partial charge is 0.486 e. The van der Waals surface area contributed by atoms with E-state index in [4.69, 9.17) is 14.5 Å². The third kappa shape index (κ3) is 5.94. The minimum Gasteiger partial charge on any atom is -0.486 e. The van der Waals surface area contributed by atoms with Crippen LogP contribution in [0.25, 0.3) is 11.0 Å². The molecule has 2 N–H and O–H groups in total. The molecule has 2 atom stereocenters. The molecular weight excluding hydrogens is 500 g/mol. The van der Waals surface area contributed by atoms with E-state index < -0.39 is 0 Å². The van der Waals surface area contributed by atoms with Crippen molar-refractivity contribution in [3.05, 3.63) is 78.1 Å². The van der Waals surface area contributed by atoms with Crippen molar-refractivity contribution in [2.75, 3.05) is 5.32 Å². The predicted molar refractivity (Wildman–Crippen MR) is 150 cm³/mol. The van der Waals surface area contributed by atoms with Gasteiger partial charge in [0.15, 0.2) is 0 Å². The van der Waals surface area contributed by atoms with Crippen molar-refractivity contribution in [3.63, 3.8) is 0 Å². The standard InChI is InChI=1S/C29H30N4O4S/c1-4-18(2)30-20-7-11-22(12-8-20)37-23-13-14-24-25(16-23)33(3)27(31-24)17-36-21-9-5-19(6-10-21)15-26-28(34)32-29(35)38-26/h5-14,16,18,26,30H,4,15,17H2,1-3H3,(H,32,34,35). The Morgan fingerprint density at radius 1 is 1.03 bits per heavy atom. The third-order valence-electron chi connectivity index (χ3n) is 6.54. The number of thioether (sulfide) groups is 1. The second-order valence-electron chi connectivity index (χ2n) is 9.34. The topological polar surface area (TPSA) is 94.5 Å². The molecule has 2 heterocycles. The molecule has 2 amide bonds. The number of fused-ring (bicyclic) bond motifs is 1. The van der Waals surface area contributed by atoms with Gasteiger partial charge in [-0.1, -0.05) is 30.8 Å². The lowest BCUT2D eigenvalue weighted by Gasteiger charge is -2.13. The Hall–Kier alpha value is -3.98. The number of carbonyl (C=O) groups is 2. The Morgan fingerprint density at radius 3 is 2.42 bits per heavy atom. The second-order valence-corrected chi connectivity index (χ2v) is 10.5. The molecule has 3 aromatic carbocycles. The van der Waals surface area contributed by atoms with E-state index in [-0.39, 0.29) is 16.4 Å². The van der Waals surface area contributed by atoms with Crippen LogP contribution in [0.3, 0.4) is 0 Å². The quantitative estimate of drug-likeness (QED) is 0.258. The van der Waals surface area contributed by atoms with Crippen LogP contribution in [0, 0.1) is 0 Å². The number of aryl methyl sites for hydroxylation is 1. The van der Waals surface area contributed by atoms with Crippen molar-refractivity contribution in [3.8, 4) is 17.2 Å². The monoisotopic (exact) mass is 530 g/mol. The first-order chi connectivity index (χ1) is 18.4. The first-order valence-corrected chi connectivity index (χ1v) is 13.5. The van der Waals surface area contributed by atoms with Crippen molar-refractivity contribution in [2.45, 2.75) is 44.6 Å². The van der Waals surface area contributed by atoms with Crippen LogP contribution in [0.2, 0.25) is 0 Å². The van der Waals surface area contributed by atoms with Crippen molar-refractivity contribution >= 4 is 39.6 Å². The highest BCUT2D eigenvalue weighted by Gasteiger charge is 2.31. The van der Waals surface area contributed by atoms with Gasteiger partial charge in [0.25, 0.3) is 5.24 Å². The van der Waals surface area contributed by atoms with E-state index in [1.54, 1.807) is 0 Å². The zero-order chi connectivity index (χ0) is 26.6. The Bertz CT molecular complexity index is 1450. The van der Waals surface area contributed by atoms with Crippen LogP contribution in [0.4, 0.5) is 10.5 Å². The van der Waals surface area contributed by atoms with Gasteiger partial charge in [-0.2, -0.15) is 0 Å². The average molecular weight is 531 g/mol. The Balaban J connectivity index is 1.20. The Kier molecular flexibility index (Phi) is 7.55. The summed E-state index contributed by atoms with van der Waals surface area (Å²) in [6.07, 6.45) is 1.56. The van der Waals surface area contributed by atoms with Gasteiger partial charge in [0.2, 0.25) is 5.91 Å². The summed E-state index contributed by atoms with van der Waals surface area (Å²) < 4.78 is 14.1. The van der Waals surface area contributed by atoms with Crippen LogP contribution in [0.1, 0.15) is 31.7 Å². The normalized spacial score (nSPS) is 15.9. The van der Waals surface area contributed by atoms with E-state index in [1.165, 1.54) is 0 Å². The van der Waals surface area contributed by atoms with Crippen molar-refractivity contribution in [2.24, 2.45) is 7.05 Å². The molecular formula is C29H30N4O4S. The van der Waals surface area contributed by atoms with Gasteiger partial charge in [-0.3, -0.25) is 14.9 Å². The highest BCUT2D eigenvalue weighted by Crippen LogP contribution is 2.28. The maximum Gasteiger partial charge on any atom is 0.286 e. The minimum atomic E-state index is -0.380. The molecule has 1 aliphatic rings. The van der Waals surface area contributed by atoms with E-state index in [0.29, 0.717) is 24.8 Å². The number of nitrogens with zero attached hydrogens (tertiary/aromatic N) is 2. The lowest BCUT2D eigenvalue weighted by atomic mass is 10.1. The number of ether oxygens (including phenoxy) is 2. The smallest absolute Gasteiger partial charge is 0.286 e. The molecule has 0 bridgehead atoms. The summed E-state index contributed by atoms with van der Waals surface area (Å²) in [5.41, 5.74) is 3.86. The maximum absolute atomic E-state index is 11.8. The predicted octanol–water partition coefficient (Wildman–Crippen LogP) is 6.05. The van der Waals surface area contributed by atoms with Crippen LogP contribution in [-0.2, 0) is 24.9 Å². The fourth-order valence-electron chi connectivity index (χ4n) is 4.17. The molecule has 38 heavy (non-hydrogen) atoms. The molecule has 2 unspecified atom stereocenters. The molecule has 1 saturated heterocycles. The number of imidazole rings is 1. The summed E-state index contributed by atoms with van der Waals surface area (Å²) in [4.78, 5) is 27.9. The molecule has 0 radical (unpaired) electrons. The van der Waals surface area contributed by atoms with E-state index in [9.17, 15) is 9.59 Å². The number of imide groups is 1. The molecule has 1 aromatic heterocycles. The fourth-order valence-corrected chi connectivity index (χ4v) is 5.03. The van der Waals surface area contributed by atoms with Gasteiger partial charge in [0.05, 0.1) is 16.3 Å². The van der Waals surface area contributed by atoms with Crippen molar-refractivity contribution < 1.29 is 19.1 Å². The number of hydrogen-bond donors (Lipinski definition) is 2. The summed E-state index contributed by atoms with van der Waals surface area (Å²) in [6, 6.07) is 21.8. The average Bonchev–Trinajstić information content (AvgIpc) is 3.41. The first kappa shape index (κ1) is 25.7. The molecule has 0 saturated carbocycles. The van der Waals surface area contributed by atoms with Gasteiger partial charge in [0.1, 0.15) is 29.7 Å². The third-order valence-corrected chi connectivity index (χ3v) is 7.52. The van der Waals surface area contributed by atoms with Gasteiger partial charge in [-0.05, 0) is 73.9 Å². The minimum absolute atomic E-state index is 0.233. The molecule has 9 heteroatoms. The van der Waals surface area contributed by atoms with Gasteiger partial charge in [0, 0.05) is 24.8 Å². The number of rotatable bonds is 10. The van der Waals surface area contributed by atoms with Gasteiger partial charge in [-0.15, -0.1) is 0 Å². The van der Waals surface area contributed by atoms with Gasteiger partial charge in [-0.25, -0.2) is 4.98 Å². The molecule has 5 rings (SSSR count). The zero-order valence-electron chi connectivity index (χ0n) is 21.6. The Labute approximate surface area is 225 Å². The number of hydrogen-bond acceptors (Lipinski definition) is 7. The first-order valence-electron chi connectivity index (χ1n) is 12.6. The number of benzene rings is 3. The van der Waals surface area contributed by atoms with E-state index in [2.05, 4.69) is 24.5 Å². The summed E-state index contributed by atoms with van der Waals surface area (Å²) in [6.45, 7) is 4.62. The van der Waals surface area contributed by atoms with E-state index in [0.717, 1.165) is 57.8 Å². The number of carbonyl (C=O) groups excluding carboxylic acids is 2. The number of anilines is 1. The molecule has 196 valence electrons. The zero-order valence-corrected chi connectivity index (χ0v) is 22.4. The molecule has 1 aliphatic heterocycles. The molecule has 4 aromatic rings. The second kappa shape index (κ2) is 11.2. The van der Waals surface area contributed by atoms with Crippen molar-refractivity contribution in [1.82, 2.24) is 14.9 Å².